The Morgan fingerprint density at radius 1 is 1.33 bits per heavy atom. The van der Waals surface area contributed by atoms with Crippen LogP contribution in [-0.2, 0) is 19.5 Å². The molecule has 0 bridgehead atoms. The van der Waals surface area contributed by atoms with E-state index >= 15 is 0 Å². The van der Waals surface area contributed by atoms with Crippen LogP contribution in [0, 0.1) is 0 Å². The van der Waals surface area contributed by atoms with Crippen molar-refractivity contribution in [3.63, 3.8) is 0 Å². The van der Waals surface area contributed by atoms with Gasteiger partial charge in [-0.25, -0.2) is 14.6 Å². The van der Waals surface area contributed by atoms with Crippen molar-refractivity contribution in [2.75, 3.05) is 0 Å². The summed E-state index contributed by atoms with van der Waals surface area (Å²) in [5.74, 6) is 2.55. The molecule has 2 rings (SSSR count). The topological polar surface area (TPSA) is 68.8 Å². The zero-order valence-electron chi connectivity index (χ0n) is 11.1. The maximum atomic E-state index is 5.51. The zero-order chi connectivity index (χ0) is 13.0. The lowest BCUT2D eigenvalue weighted by molar-refractivity contribution is 0.430. The average molecular weight is 249 g/mol. The summed E-state index contributed by atoms with van der Waals surface area (Å²) in [5, 5.41) is 7.44. The summed E-state index contributed by atoms with van der Waals surface area (Å²) in [6.07, 6.45) is 4.22. The maximum absolute atomic E-state index is 5.51. The van der Waals surface area contributed by atoms with Gasteiger partial charge in [-0.05, 0) is 13.8 Å². The Hall–Kier alpha value is -1.69. The molecule has 0 fully saturated rings. The standard InChI is InChI=1S/C12H19N5O/c1-4-10-5-14-12(18-10)7-13-6-11-15-8-16-17(11)9(2)3/h5,8-9,13H,4,6-7H2,1-3H3. The fourth-order valence-electron chi connectivity index (χ4n) is 1.71. The Labute approximate surface area is 106 Å². The second-order valence-corrected chi connectivity index (χ2v) is 4.39. The van der Waals surface area contributed by atoms with Crippen LogP contribution in [-0.4, -0.2) is 19.7 Å². The van der Waals surface area contributed by atoms with Crippen molar-refractivity contribution in [1.82, 2.24) is 25.1 Å². The molecule has 98 valence electrons. The number of oxazole rings is 1. The highest BCUT2D eigenvalue weighted by atomic mass is 16.4. The summed E-state index contributed by atoms with van der Waals surface area (Å²) in [6.45, 7) is 7.47. The molecule has 0 aromatic carbocycles. The molecule has 6 heteroatoms. The smallest absolute Gasteiger partial charge is 0.208 e. The minimum atomic E-state index is 0.317. The van der Waals surface area contributed by atoms with Gasteiger partial charge in [-0.3, -0.25) is 0 Å². The lowest BCUT2D eigenvalue weighted by Gasteiger charge is -2.09. The van der Waals surface area contributed by atoms with E-state index < -0.39 is 0 Å². The number of aryl methyl sites for hydroxylation is 1. The Morgan fingerprint density at radius 3 is 2.83 bits per heavy atom. The Morgan fingerprint density at radius 2 is 2.17 bits per heavy atom. The number of aromatic nitrogens is 4. The Balaban J connectivity index is 1.86. The van der Waals surface area contributed by atoms with E-state index in [9.17, 15) is 0 Å². The summed E-state index contributed by atoms with van der Waals surface area (Å²) >= 11 is 0. The third-order valence-electron chi connectivity index (χ3n) is 2.65. The number of nitrogens with one attached hydrogen (secondary N) is 1. The van der Waals surface area contributed by atoms with Crippen LogP contribution in [0.1, 0.15) is 44.3 Å². The van der Waals surface area contributed by atoms with Gasteiger partial charge in [0.1, 0.15) is 17.9 Å². The summed E-state index contributed by atoms with van der Waals surface area (Å²) in [7, 11) is 0. The fraction of sp³-hybridized carbons (Fsp3) is 0.583. The second-order valence-electron chi connectivity index (χ2n) is 4.39. The molecule has 1 N–H and O–H groups in total. The average Bonchev–Trinajstić information content (AvgIpc) is 2.97. The molecule has 18 heavy (non-hydrogen) atoms. The van der Waals surface area contributed by atoms with Crippen LogP contribution in [0.25, 0.3) is 0 Å². The van der Waals surface area contributed by atoms with Crippen LogP contribution < -0.4 is 5.32 Å². The van der Waals surface area contributed by atoms with E-state index in [1.54, 1.807) is 12.5 Å². The van der Waals surface area contributed by atoms with Gasteiger partial charge in [-0.1, -0.05) is 6.92 Å². The van der Waals surface area contributed by atoms with Crippen LogP contribution in [0.5, 0.6) is 0 Å². The molecule has 0 radical (unpaired) electrons. The van der Waals surface area contributed by atoms with Gasteiger partial charge >= 0.3 is 0 Å². The van der Waals surface area contributed by atoms with Gasteiger partial charge in [-0.2, -0.15) is 5.10 Å². The summed E-state index contributed by atoms with van der Waals surface area (Å²) in [4.78, 5) is 8.42. The Kier molecular flexibility index (Phi) is 4.09. The highest BCUT2D eigenvalue weighted by Gasteiger charge is 2.07. The van der Waals surface area contributed by atoms with E-state index in [0.717, 1.165) is 18.0 Å². The van der Waals surface area contributed by atoms with Crippen LogP contribution in [0.15, 0.2) is 16.9 Å². The number of hydrogen-bond donors (Lipinski definition) is 1. The van der Waals surface area contributed by atoms with E-state index in [1.165, 1.54) is 0 Å². The van der Waals surface area contributed by atoms with Gasteiger partial charge in [0, 0.05) is 12.5 Å². The van der Waals surface area contributed by atoms with Gasteiger partial charge < -0.3 is 9.73 Å². The molecule has 6 nitrogen and oxygen atoms in total. The highest BCUT2D eigenvalue weighted by molar-refractivity contribution is 4.93. The molecular weight excluding hydrogens is 230 g/mol. The molecule has 0 amide bonds. The molecule has 0 unspecified atom stereocenters. The summed E-state index contributed by atoms with van der Waals surface area (Å²) < 4.78 is 7.42. The van der Waals surface area contributed by atoms with Gasteiger partial charge in [0.25, 0.3) is 0 Å². The molecule has 2 aromatic heterocycles. The van der Waals surface area contributed by atoms with Crippen molar-refractivity contribution < 1.29 is 4.42 Å². The molecule has 0 atom stereocenters. The van der Waals surface area contributed by atoms with E-state index in [-0.39, 0.29) is 0 Å². The predicted molar refractivity (Wildman–Crippen MR) is 66.8 cm³/mol. The van der Waals surface area contributed by atoms with E-state index in [1.807, 2.05) is 11.6 Å². The van der Waals surface area contributed by atoms with E-state index in [0.29, 0.717) is 25.0 Å². The van der Waals surface area contributed by atoms with Crippen molar-refractivity contribution in [1.29, 1.82) is 0 Å². The lowest BCUT2D eigenvalue weighted by atomic mass is 10.4. The number of rotatable bonds is 6. The first-order chi connectivity index (χ1) is 8.70. The molecule has 0 saturated carbocycles. The molecule has 0 saturated heterocycles. The molecule has 2 heterocycles. The third-order valence-corrected chi connectivity index (χ3v) is 2.65. The largest absolute Gasteiger partial charge is 0.444 e. The van der Waals surface area contributed by atoms with Crippen molar-refractivity contribution in [3.8, 4) is 0 Å². The molecule has 0 aliphatic carbocycles. The van der Waals surface area contributed by atoms with E-state index in [4.69, 9.17) is 4.42 Å². The normalized spacial score (nSPS) is 11.3. The third kappa shape index (κ3) is 2.95. The van der Waals surface area contributed by atoms with Crippen molar-refractivity contribution in [2.45, 2.75) is 46.3 Å². The highest BCUT2D eigenvalue weighted by Crippen LogP contribution is 2.06. The molecule has 2 aromatic rings. The van der Waals surface area contributed by atoms with Crippen LogP contribution in [0.3, 0.4) is 0 Å². The van der Waals surface area contributed by atoms with Crippen LogP contribution in [0.2, 0.25) is 0 Å². The molecular formula is C12H19N5O. The first-order valence-corrected chi connectivity index (χ1v) is 6.23. The first kappa shape index (κ1) is 12.8. The molecule has 0 aliphatic heterocycles. The Bertz CT molecular complexity index is 488. The minimum Gasteiger partial charge on any atom is -0.444 e. The molecule has 0 aliphatic rings. The lowest BCUT2D eigenvalue weighted by Crippen LogP contribution is -2.18. The van der Waals surface area contributed by atoms with Gasteiger partial charge in [0.05, 0.1) is 19.3 Å². The molecule has 0 spiro atoms. The van der Waals surface area contributed by atoms with Crippen LogP contribution >= 0.6 is 0 Å². The predicted octanol–water partition coefficient (Wildman–Crippen LogP) is 1.70. The fourth-order valence-corrected chi connectivity index (χ4v) is 1.71. The monoisotopic (exact) mass is 249 g/mol. The van der Waals surface area contributed by atoms with Crippen molar-refractivity contribution >= 4 is 0 Å². The second kappa shape index (κ2) is 5.77. The minimum absolute atomic E-state index is 0.317. The van der Waals surface area contributed by atoms with Crippen LogP contribution in [0.4, 0.5) is 0 Å². The van der Waals surface area contributed by atoms with Crippen molar-refractivity contribution in [2.24, 2.45) is 0 Å². The number of hydrogen-bond acceptors (Lipinski definition) is 5. The summed E-state index contributed by atoms with van der Waals surface area (Å²) in [6, 6.07) is 0.317. The van der Waals surface area contributed by atoms with Gasteiger partial charge in [-0.15, -0.1) is 0 Å². The van der Waals surface area contributed by atoms with E-state index in [2.05, 4.69) is 34.2 Å². The quantitative estimate of drug-likeness (QED) is 0.843. The first-order valence-electron chi connectivity index (χ1n) is 6.23. The SMILES string of the molecule is CCc1cnc(CNCc2ncnn2C(C)C)o1. The maximum Gasteiger partial charge on any atom is 0.208 e. The van der Waals surface area contributed by atoms with Crippen molar-refractivity contribution in [3.05, 3.63) is 30.0 Å². The number of nitrogens with zero attached hydrogens (tertiary/aromatic N) is 4. The zero-order valence-corrected chi connectivity index (χ0v) is 11.1. The van der Waals surface area contributed by atoms with Gasteiger partial charge in [0.15, 0.2) is 0 Å². The summed E-state index contributed by atoms with van der Waals surface area (Å²) in [5.41, 5.74) is 0. The van der Waals surface area contributed by atoms with Gasteiger partial charge in [0.2, 0.25) is 5.89 Å².